The Kier molecular flexibility index (Phi) is 8.86. The average Bonchev–Trinajstić information content (AvgIpc) is 3.71. The lowest BCUT2D eigenvalue weighted by atomic mass is 9.90. The topological polar surface area (TPSA) is 97.2 Å². The number of likely N-dealkylation sites (tertiary alicyclic amines) is 1. The highest BCUT2D eigenvalue weighted by Crippen LogP contribution is 2.39. The van der Waals surface area contributed by atoms with Gasteiger partial charge in [-0.05, 0) is 87.4 Å². The number of benzene rings is 2. The van der Waals surface area contributed by atoms with Gasteiger partial charge in [0, 0.05) is 43.2 Å². The smallest absolute Gasteiger partial charge is 0.237 e. The molecule has 0 spiro atoms. The SMILES string of the molecule is COc1nc(-c2cccc(-c3cccc(-c4cc5n(n4)CCCC5N4CCCCC4)c3C)c2C)cnc1CNC[C@@H]1CCC(=O)N1. The van der Waals surface area contributed by atoms with Crippen LogP contribution in [0.15, 0.2) is 48.7 Å². The van der Waals surface area contributed by atoms with E-state index < -0.39 is 0 Å². The third kappa shape index (κ3) is 6.06. The fraction of sp³-hybridized carbons (Fsp3) is 0.459. The Hall–Kier alpha value is -4.08. The molecule has 2 N–H and O–H groups in total. The molecule has 3 aliphatic heterocycles. The third-order valence-corrected chi connectivity index (χ3v) is 10.1. The zero-order valence-electron chi connectivity index (χ0n) is 27.3. The zero-order valence-corrected chi connectivity index (χ0v) is 27.3. The lowest BCUT2D eigenvalue weighted by molar-refractivity contribution is -0.119. The number of hydrogen-bond acceptors (Lipinski definition) is 7. The molecule has 2 saturated heterocycles. The normalized spacial score (nSPS) is 20.0. The highest BCUT2D eigenvalue weighted by Gasteiger charge is 2.29. The van der Waals surface area contributed by atoms with Gasteiger partial charge in [-0.25, -0.2) is 4.98 Å². The number of methoxy groups -OCH3 is 1. The molecule has 7 rings (SSSR count). The van der Waals surface area contributed by atoms with Gasteiger partial charge in [-0.2, -0.15) is 5.10 Å². The molecule has 0 bridgehead atoms. The van der Waals surface area contributed by atoms with E-state index in [-0.39, 0.29) is 11.9 Å². The van der Waals surface area contributed by atoms with Crippen molar-refractivity contribution in [3.8, 4) is 39.5 Å². The van der Waals surface area contributed by atoms with Crippen LogP contribution in [0.2, 0.25) is 0 Å². The number of nitrogens with zero attached hydrogens (tertiary/aromatic N) is 5. The van der Waals surface area contributed by atoms with E-state index in [2.05, 4.69) is 76.5 Å². The molecular formula is C37H45N7O2. The van der Waals surface area contributed by atoms with E-state index in [0.29, 0.717) is 31.4 Å². The highest BCUT2D eigenvalue weighted by atomic mass is 16.5. The van der Waals surface area contributed by atoms with Crippen molar-refractivity contribution in [2.75, 3.05) is 26.7 Å². The van der Waals surface area contributed by atoms with Crippen LogP contribution in [-0.4, -0.2) is 63.3 Å². The summed E-state index contributed by atoms with van der Waals surface area (Å²) < 4.78 is 7.94. The van der Waals surface area contributed by atoms with Crippen molar-refractivity contribution >= 4 is 5.91 Å². The van der Waals surface area contributed by atoms with Gasteiger partial charge in [0.05, 0.1) is 36.4 Å². The molecule has 0 aliphatic carbocycles. The summed E-state index contributed by atoms with van der Waals surface area (Å²) in [5, 5.41) is 11.5. The van der Waals surface area contributed by atoms with Gasteiger partial charge in [0.2, 0.25) is 11.8 Å². The largest absolute Gasteiger partial charge is 0.480 e. The maximum atomic E-state index is 11.5. The standard InChI is InChI=1S/C37H45N7O2/c1-24-27(10-7-12-29(24)31-20-35-34(14-9-19-44(35)42-31)43-17-5-4-6-18-43)28-11-8-13-30(25(28)2)32-23-39-33(37(41-32)46-3)22-38-21-26-15-16-36(45)40-26/h7-8,10-13,20,23,26,34,38H,4-6,9,14-19,21-22H2,1-3H3,(H,40,45)/t26-,34?/m0/s1. The van der Waals surface area contributed by atoms with E-state index >= 15 is 0 Å². The summed E-state index contributed by atoms with van der Waals surface area (Å²) >= 11 is 0. The average molecular weight is 620 g/mol. The number of ether oxygens (including phenoxy) is 1. The Bertz CT molecular complexity index is 1720. The molecule has 2 aromatic carbocycles. The van der Waals surface area contributed by atoms with E-state index in [1.54, 1.807) is 7.11 Å². The van der Waals surface area contributed by atoms with E-state index in [9.17, 15) is 4.79 Å². The minimum atomic E-state index is 0.120. The number of carbonyl (C=O) groups excluding carboxylic acids is 1. The fourth-order valence-electron chi connectivity index (χ4n) is 7.61. The van der Waals surface area contributed by atoms with Gasteiger partial charge in [-0.3, -0.25) is 19.4 Å². The Morgan fingerprint density at radius 1 is 0.913 bits per heavy atom. The molecule has 1 amide bonds. The first-order valence-corrected chi connectivity index (χ1v) is 16.9. The molecule has 1 unspecified atom stereocenters. The van der Waals surface area contributed by atoms with Crippen molar-refractivity contribution in [1.29, 1.82) is 0 Å². The first kappa shape index (κ1) is 30.6. The van der Waals surface area contributed by atoms with Gasteiger partial charge < -0.3 is 15.4 Å². The molecule has 2 aromatic heterocycles. The second-order valence-electron chi connectivity index (χ2n) is 13.0. The molecule has 2 fully saturated rings. The van der Waals surface area contributed by atoms with Gasteiger partial charge >= 0.3 is 0 Å². The first-order valence-electron chi connectivity index (χ1n) is 16.9. The molecule has 2 atom stereocenters. The number of amides is 1. The van der Waals surface area contributed by atoms with Gasteiger partial charge in [-0.15, -0.1) is 0 Å². The van der Waals surface area contributed by atoms with Crippen molar-refractivity contribution in [2.24, 2.45) is 0 Å². The Morgan fingerprint density at radius 2 is 1.63 bits per heavy atom. The number of fused-ring (bicyclic) bond motifs is 1. The summed E-state index contributed by atoms with van der Waals surface area (Å²) in [7, 11) is 1.63. The maximum Gasteiger partial charge on any atom is 0.237 e. The molecule has 9 nitrogen and oxygen atoms in total. The minimum absolute atomic E-state index is 0.120. The molecule has 3 aliphatic rings. The number of aryl methyl sites for hydroxylation is 1. The van der Waals surface area contributed by atoms with Crippen LogP contribution in [0.4, 0.5) is 0 Å². The van der Waals surface area contributed by atoms with E-state index in [1.807, 2.05) is 6.20 Å². The van der Waals surface area contributed by atoms with E-state index in [1.165, 1.54) is 73.1 Å². The van der Waals surface area contributed by atoms with Crippen LogP contribution in [0.1, 0.15) is 73.5 Å². The van der Waals surface area contributed by atoms with Crippen LogP contribution in [0, 0.1) is 13.8 Å². The number of carbonyl (C=O) groups is 1. The maximum absolute atomic E-state index is 11.5. The lowest BCUT2D eigenvalue weighted by Gasteiger charge is -2.36. The van der Waals surface area contributed by atoms with Crippen LogP contribution in [0.25, 0.3) is 33.6 Å². The quantitative estimate of drug-likeness (QED) is 0.238. The summed E-state index contributed by atoms with van der Waals surface area (Å²) in [6.45, 7) is 8.99. The predicted octanol–water partition coefficient (Wildman–Crippen LogP) is 5.99. The number of piperidine rings is 1. The number of aromatic nitrogens is 4. The predicted molar refractivity (Wildman–Crippen MR) is 180 cm³/mol. The van der Waals surface area contributed by atoms with Crippen molar-refractivity contribution in [2.45, 2.75) is 84.0 Å². The number of nitrogens with one attached hydrogen (secondary N) is 2. The van der Waals surface area contributed by atoms with E-state index in [0.717, 1.165) is 41.2 Å². The molecule has 4 aromatic rings. The second kappa shape index (κ2) is 13.3. The van der Waals surface area contributed by atoms with Gasteiger partial charge in [-0.1, -0.05) is 42.8 Å². The molecular weight excluding hydrogens is 574 g/mol. The van der Waals surface area contributed by atoms with Gasteiger partial charge in [0.1, 0.15) is 5.69 Å². The lowest BCUT2D eigenvalue weighted by Crippen LogP contribution is -2.36. The second-order valence-corrected chi connectivity index (χ2v) is 13.0. The van der Waals surface area contributed by atoms with Crippen LogP contribution in [0.5, 0.6) is 5.88 Å². The van der Waals surface area contributed by atoms with Gasteiger partial charge in [0.15, 0.2) is 0 Å². The Morgan fingerprint density at radius 3 is 2.33 bits per heavy atom. The Balaban J connectivity index is 1.14. The van der Waals surface area contributed by atoms with Crippen molar-refractivity contribution < 1.29 is 9.53 Å². The number of rotatable bonds is 9. The monoisotopic (exact) mass is 619 g/mol. The Labute approximate surface area is 271 Å². The molecule has 240 valence electrons. The summed E-state index contributed by atoms with van der Waals surface area (Å²) in [6, 6.07) is 16.0. The van der Waals surface area contributed by atoms with E-state index in [4.69, 9.17) is 19.8 Å². The van der Waals surface area contributed by atoms with Crippen molar-refractivity contribution in [1.82, 2.24) is 35.3 Å². The zero-order chi connectivity index (χ0) is 31.6. The highest BCUT2D eigenvalue weighted by molar-refractivity contribution is 5.82. The molecule has 5 heterocycles. The molecule has 0 saturated carbocycles. The molecule has 0 radical (unpaired) electrons. The van der Waals surface area contributed by atoms with Gasteiger partial charge in [0.25, 0.3) is 0 Å². The fourth-order valence-corrected chi connectivity index (χ4v) is 7.61. The van der Waals surface area contributed by atoms with Crippen LogP contribution in [0.3, 0.4) is 0 Å². The van der Waals surface area contributed by atoms with Crippen LogP contribution >= 0.6 is 0 Å². The minimum Gasteiger partial charge on any atom is -0.480 e. The van der Waals surface area contributed by atoms with Crippen molar-refractivity contribution in [3.63, 3.8) is 0 Å². The summed E-state index contributed by atoms with van der Waals surface area (Å²) in [6.07, 6.45) is 9.66. The summed E-state index contributed by atoms with van der Waals surface area (Å²) in [5.74, 6) is 0.629. The molecule has 9 heteroatoms. The number of hydrogen-bond donors (Lipinski definition) is 2. The first-order chi connectivity index (χ1) is 22.5. The summed E-state index contributed by atoms with van der Waals surface area (Å²) in [5.41, 5.74) is 11.0. The summed E-state index contributed by atoms with van der Waals surface area (Å²) in [4.78, 5) is 23.8. The van der Waals surface area contributed by atoms with Crippen LogP contribution in [-0.2, 0) is 17.9 Å². The van der Waals surface area contributed by atoms with Crippen molar-refractivity contribution in [3.05, 3.63) is 71.2 Å². The third-order valence-electron chi connectivity index (χ3n) is 10.1. The molecule has 46 heavy (non-hydrogen) atoms. The van der Waals surface area contributed by atoms with Crippen LogP contribution < -0.4 is 15.4 Å².